The van der Waals surface area contributed by atoms with Crippen molar-refractivity contribution in [3.8, 4) is 5.75 Å². The number of pyridine rings is 1. The summed E-state index contributed by atoms with van der Waals surface area (Å²) in [7, 11) is 1.66. The lowest BCUT2D eigenvalue weighted by atomic mass is 10.3. The van der Waals surface area contributed by atoms with Crippen LogP contribution in [0.4, 0.5) is 5.69 Å². The predicted molar refractivity (Wildman–Crippen MR) is 55.6 cm³/mol. The molecule has 76 valence electrons. The summed E-state index contributed by atoms with van der Waals surface area (Å²) < 4.78 is 5.14. The summed E-state index contributed by atoms with van der Waals surface area (Å²) in [6.07, 6.45) is 4.77. The molecular formula is C10H15N3O. The van der Waals surface area contributed by atoms with Gasteiger partial charge in [0.2, 0.25) is 0 Å². The van der Waals surface area contributed by atoms with Crippen LogP contribution in [0.2, 0.25) is 0 Å². The van der Waals surface area contributed by atoms with Crippen molar-refractivity contribution in [3.63, 3.8) is 0 Å². The number of nitrogens with one attached hydrogen (secondary N) is 1. The summed E-state index contributed by atoms with van der Waals surface area (Å²) in [5, 5.41) is 3.33. The SMILES string of the molecule is COc1cncc(N2CCCNC2)c1. The topological polar surface area (TPSA) is 37.4 Å². The van der Waals surface area contributed by atoms with Crippen LogP contribution in [0.1, 0.15) is 6.42 Å². The second kappa shape index (κ2) is 4.28. The number of ether oxygens (including phenoxy) is 1. The molecule has 0 bridgehead atoms. The van der Waals surface area contributed by atoms with Gasteiger partial charge in [-0.3, -0.25) is 10.3 Å². The van der Waals surface area contributed by atoms with Gasteiger partial charge in [0.05, 0.1) is 31.9 Å². The maximum Gasteiger partial charge on any atom is 0.139 e. The van der Waals surface area contributed by atoms with Crippen molar-refractivity contribution in [3.05, 3.63) is 18.5 Å². The third kappa shape index (κ3) is 1.96. The molecule has 4 heteroatoms. The van der Waals surface area contributed by atoms with Gasteiger partial charge in [-0.05, 0) is 13.0 Å². The number of rotatable bonds is 2. The van der Waals surface area contributed by atoms with E-state index in [1.54, 1.807) is 13.3 Å². The lowest BCUT2D eigenvalue weighted by Gasteiger charge is -2.29. The zero-order valence-corrected chi connectivity index (χ0v) is 8.36. The normalized spacial score (nSPS) is 16.8. The van der Waals surface area contributed by atoms with Crippen LogP contribution in [0.5, 0.6) is 5.75 Å². The summed E-state index contributed by atoms with van der Waals surface area (Å²) in [6.45, 7) is 3.09. The highest BCUT2D eigenvalue weighted by atomic mass is 16.5. The number of anilines is 1. The van der Waals surface area contributed by atoms with Crippen molar-refractivity contribution >= 4 is 5.69 Å². The highest BCUT2D eigenvalue weighted by Gasteiger charge is 2.10. The van der Waals surface area contributed by atoms with Crippen LogP contribution >= 0.6 is 0 Å². The smallest absolute Gasteiger partial charge is 0.139 e. The molecule has 0 aliphatic carbocycles. The minimum Gasteiger partial charge on any atom is -0.495 e. The van der Waals surface area contributed by atoms with Crippen molar-refractivity contribution in [2.45, 2.75) is 6.42 Å². The zero-order chi connectivity index (χ0) is 9.80. The quantitative estimate of drug-likeness (QED) is 0.755. The van der Waals surface area contributed by atoms with Crippen LogP contribution in [-0.4, -0.2) is 31.9 Å². The van der Waals surface area contributed by atoms with E-state index in [9.17, 15) is 0 Å². The fourth-order valence-electron chi connectivity index (χ4n) is 1.60. The predicted octanol–water partition coefficient (Wildman–Crippen LogP) is 0.847. The summed E-state index contributed by atoms with van der Waals surface area (Å²) in [5.74, 6) is 0.813. The molecule has 0 atom stereocenters. The molecule has 0 saturated carbocycles. The molecule has 14 heavy (non-hydrogen) atoms. The largest absolute Gasteiger partial charge is 0.495 e. The summed E-state index contributed by atoms with van der Waals surface area (Å²) in [4.78, 5) is 6.40. The van der Waals surface area contributed by atoms with E-state index in [1.807, 2.05) is 12.3 Å². The Morgan fingerprint density at radius 1 is 1.50 bits per heavy atom. The van der Waals surface area contributed by atoms with Crippen LogP contribution in [0.3, 0.4) is 0 Å². The lowest BCUT2D eigenvalue weighted by Crippen LogP contribution is -2.41. The van der Waals surface area contributed by atoms with Gasteiger partial charge in [0.25, 0.3) is 0 Å². The summed E-state index contributed by atoms with van der Waals surface area (Å²) in [6, 6.07) is 2.01. The molecule has 1 aliphatic heterocycles. The van der Waals surface area contributed by atoms with Gasteiger partial charge < -0.3 is 9.64 Å². The van der Waals surface area contributed by atoms with Crippen LogP contribution in [0.25, 0.3) is 0 Å². The Balaban J connectivity index is 2.13. The molecule has 0 amide bonds. The fraction of sp³-hybridized carbons (Fsp3) is 0.500. The molecule has 4 nitrogen and oxygen atoms in total. The second-order valence-corrected chi connectivity index (χ2v) is 3.36. The molecule has 0 unspecified atom stereocenters. The second-order valence-electron chi connectivity index (χ2n) is 3.36. The highest BCUT2D eigenvalue weighted by Crippen LogP contribution is 2.19. The van der Waals surface area contributed by atoms with Gasteiger partial charge in [-0.15, -0.1) is 0 Å². The fourth-order valence-corrected chi connectivity index (χ4v) is 1.60. The zero-order valence-electron chi connectivity index (χ0n) is 8.36. The molecule has 1 fully saturated rings. The van der Waals surface area contributed by atoms with Crippen molar-refractivity contribution in [1.29, 1.82) is 0 Å². The lowest BCUT2D eigenvalue weighted by molar-refractivity contribution is 0.412. The number of methoxy groups -OCH3 is 1. The minimum absolute atomic E-state index is 0.813. The average molecular weight is 193 g/mol. The van der Waals surface area contributed by atoms with E-state index in [0.29, 0.717) is 0 Å². The number of aromatic nitrogens is 1. The summed E-state index contributed by atoms with van der Waals surface area (Å²) >= 11 is 0. The minimum atomic E-state index is 0.813. The van der Waals surface area contributed by atoms with Gasteiger partial charge in [-0.1, -0.05) is 0 Å². The van der Waals surface area contributed by atoms with E-state index in [0.717, 1.165) is 31.2 Å². The number of nitrogens with zero attached hydrogens (tertiary/aromatic N) is 2. The van der Waals surface area contributed by atoms with Gasteiger partial charge in [0.1, 0.15) is 5.75 Å². The molecule has 1 saturated heterocycles. The number of hydrogen-bond acceptors (Lipinski definition) is 4. The Hall–Kier alpha value is -1.29. The van der Waals surface area contributed by atoms with E-state index in [1.165, 1.54) is 6.42 Å². The first-order chi connectivity index (χ1) is 6.90. The van der Waals surface area contributed by atoms with Gasteiger partial charge in [-0.25, -0.2) is 0 Å². The van der Waals surface area contributed by atoms with Crippen molar-refractivity contribution in [1.82, 2.24) is 10.3 Å². The van der Waals surface area contributed by atoms with Gasteiger partial charge in [0.15, 0.2) is 0 Å². The van der Waals surface area contributed by atoms with Crippen LogP contribution < -0.4 is 15.0 Å². The Bertz CT molecular complexity index is 297. The molecular weight excluding hydrogens is 178 g/mol. The summed E-state index contributed by atoms with van der Waals surface area (Å²) in [5.41, 5.74) is 1.12. The molecule has 1 N–H and O–H groups in total. The van der Waals surface area contributed by atoms with Crippen LogP contribution in [0, 0.1) is 0 Å². The van der Waals surface area contributed by atoms with Crippen LogP contribution in [-0.2, 0) is 0 Å². The standard InChI is InChI=1S/C10H15N3O/c1-14-10-5-9(6-12-7-10)13-4-2-3-11-8-13/h5-7,11H,2-4,8H2,1H3. The first-order valence-electron chi connectivity index (χ1n) is 4.85. The molecule has 1 aliphatic rings. The Kier molecular flexibility index (Phi) is 2.84. The molecule has 0 spiro atoms. The average Bonchev–Trinajstić information content (AvgIpc) is 2.30. The molecule has 0 aromatic carbocycles. The Labute approximate surface area is 83.9 Å². The van der Waals surface area contributed by atoms with Crippen molar-refractivity contribution in [2.75, 3.05) is 31.8 Å². The monoisotopic (exact) mass is 193 g/mol. The third-order valence-electron chi connectivity index (χ3n) is 2.38. The van der Waals surface area contributed by atoms with E-state index in [4.69, 9.17) is 4.74 Å². The van der Waals surface area contributed by atoms with E-state index in [-0.39, 0.29) is 0 Å². The van der Waals surface area contributed by atoms with Crippen LogP contribution in [0.15, 0.2) is 18.5 Å². The maximum absolute atomic E-state index is 5.14. The maximum atomic E-state index is 5.14. The van der Waals surface area contributed by atoms with Gasteiger partial charge >= 0.3 is 0 Å². The molecule has 2 heterocycles. The Morgan fingerprint density at radius 2 is 2.43 bits per heavy atom. The van der Waals surface area contributed by atoms with Crippen molar-refractivity contribution in [2.24, 2.45) is 0 Å². The molecule has 1 aromatic rings. The first-order valence-corrected chi connectivity index (χ1v) is 4.85. The van der Waals surface area contributed by atoms with Crippen molar-refractivity contribution < 1.29 is 4.74 Å². The van der Waals surface area contributed by atoms with Gasteiger partial charge in [-0.2, -0.15) is 0 Å². The van der Waals surface area contributed by atoms with E-state index < -0.39 is 0 Å². The van der Waals surface area contributed by atoms with E-state index >= 15 is 0 Å². The molecule has 1 aromatic heterocycles. The van der Waals surface area contributed by atoms with Gasteiger partial charge in [0, 0.05) is 12.6 Å². The number of hydrogen-bond donors (Lipinski definition) is 1. The molecule has 0 radical (unpaired) electrons. The van der Waals surface area contributed by atoms with E-state index in [2.05, 4.69) is 15.2 Å². The highest BCUT2D eigenvalue weighted by molar-refractivity contribution is 5.48. The third-order valence-corrected chi connectivity index (χ3v) is 2.38. The Morgan fingerprint density at radius 3 is 3.14 bits per heavy atom. The first kappa shape index (κ1) is 9.27. The molecule has 2 rings (SSSR count).